The van der Waals surface area contributed by atoms with E-state index in [2.05, 4.69) is 5.32 Å². The van der Waals surface area contributed by atoms with Crippen LogP contribution in [0.1, 0.15) is 15.9 Å². The molecule has 7 heteroatoms. The fourth-order valence-electron chi connectivity index (χ4n) is 1.63. The molecule has 21 heavy (non-hydrogen) atoms. The number of phenolic OH excluding ortho intramolecular Hbond substituents is 1. The third kappa shape index (κ3) is 3.87. The van der Waals surface area contributed by atoms with Gasteiger partial charge in [-0.25, -0.2) is 0 Å². The zero-order valence-electron chi connectivity index (χ0n) is 10.4. The lowest BCUT2D eigenvalue weighted by atomic mass is 10.1. The standard InChI is InChI=1S/C14H9F3INO2/c15-14(16,17)8-1-4-10(5-2-8)19-13(21)11-7-9(18)3-6-12(11)20/h1-7,20H,(H,19,21). The second-order valence-corrected chi connectivity index (χ2v) is 5.44. The fraction of sp³-hybridized carbons (Fsp3) is 0.0714. The SMILES string of the molecule is O=C(Nc1ccc(C(F)(F)F)cc1)c1cc(I)ccc1O. The first kappa shape index (κ1) is 15.6. The van der Waals surface area contributed by atoms with E-state index in [1.165, 1.54) is 12.1 Å². The fourth-order valence-corrected chi connectivity index (χ4v) is 2.12. The summed E-state index contributed by atoms with van der Waals surface area (Å²) in [5.41, 5.74) is -0.523. The molecule has 0 saturated heterocycles. The average Bonchev–Trinajstić information content (AvgIpc) is 2.41. The number of phenols is 1. The van der Waals surface area contributed by atoms with Crippen LogP contribution in [0.25, 0.3) is 0 Å². The third-order valence-corrected chi connectivity index (χ3v) is 3.34. The average molecular weight is 407 g/mol. The van der Waals surface area contributed by atoms with Crippen molar-refractivity contribution < 1.29 is 23.1 Å². The summed E-state index contributed by atoms with van der Waals surface area (Å²) in [6, 6.07) is 8.56. The van der Waals surface area contributed by atoms with E-state index in [1.807, 2.05) is 22.6 Å². The number of alkyl halides is 3. The van der Waals surface area contributed by atoms with Gasteiger partial charge in [-0.3, -0.25) is 4.79 Å². The van der Waals surface area contributed by atoms with Gasteiger partial charge >= 0.3 is 6.18 Å². The van der Waals surface area contributed by atoms with Crippen LogP contribution >= 0.6 is 22.6 Å². The van der Waals surface area contributed by atoms with Gasteiger partial charge in [0.1, 0.15) is 5.75 Å². The zero-order chi connectivity index (χ0) is 15.6. The third-order valence-electron chi connectivity index (χ3n) is 2.67. The Labute approximate surface area is 131 Å². The van der Waals surface area contributed by atoms with Crippen molar-refractivity contribution in [1.82, 2.24) is 0 Å². The van der Waals surface area contributed by atoms with Gasteiger partial charge < -0.3 is 10.4 Å². The Morgan fingerprint density at radius 1 is 1.10 bits per heavy atom. The molecule has 0 saturated carbocycles. The van der Waals surface area contributed by atoms with Gasteiger partial charge in [0, 0.05) is 9.26 Å². The van der Waals surface area contributed by atoms with Gasteiger partial charge in [0.15, 0.2) is 0 Å². The molecule has 110 valence electrons. The smallest absolute Gasteiger partial charge is 0.416 e. The summed E-state index contributed by atoms with van der Waals surface area (Å²) in [5, 5.41) is 12.1. The van der Waals surface area contributed by atoms with Crippen molar-refractivity contribution in [3.8, 4) is 5.75 Å². The molecule has 0 aliphatic heterocycles. The van der Waals surface area contributed by atoms with Crippen molar-refractivity contribution in [3.63, 3.8) is 0 Å². The van der Waals surface area contributed by atoms with Crippen molar-refractivity contribution in [3.05, 3.63) is 57.2 Å². The van der Waals surface area contributed by atoms with Crippen molar-refractivity contribution >= 4 is 34.2 Å². The lowest BCUT2D eigenvalue weighted by molar-refractivity contribution is -0.137. The molecule has 0 aromatic heterocycles. The van der Waals surface area contributed by atoms with Gasteiger partial charge in [0.25, 0.3) is 5.91 Å². The predicted molar refractivity (Wildman–Crippen MR) is 80.2 cm³/mol. The molecule has 2 aromatic rings. The van der Waals surface area contributed by atoms with Crippen LogP contribution in [0.15, 0.2) is 42.5 Å². The van der Waals surface area contributed by atoms with Crippen LogP contribution in [0.5, 0.6) is 5.75 Å². The van der Waals surface area contributed by atoms with Gasteiger partial charge in [-0.2, -0.15) is 13.2 Å². The number of hydrogen-bond acceptors (Lipinski definition) is 2. The van der Waals surface area contributed by atoms with E-state index in [1.54, 1.807) is 6.07 Å². The number of hydrogen-bond donors (Lipinski definition) is 2. The molecule has 0 unspecified atom stereocenters. The van der Waals surface area contributed by atoms with Gasteiger partial charge in [0.2, 0.25) is 0 Å². The minimum absolute atomic E-state index is 0.0572. The van der Waals surface area contributed by atoms with Gasteiger partial charge in [-0.1, -0.05) is 0 Å². The quantitative estimate of drug-likeness (QED) is 0.731. The number of carbonyl (C=O) groups excluding carboxylic acids is 1. The lowest BCUT2D eigenvalue weighted by Crippen LogP contribution is -2.12. The molecule has 2 rings (SSSR count). The Morgan fingerprint density at radius 3 is 2.29 bits per heavy atom. The highest BCUT2D eigenvalue weighted by atomic mass is 127. The van der Waals surface area contributed by atoms with Crippen LogP contribution < -0.4 is 5.32 Å². The Hall–Kier alpha value is -1.77. The lowest BCUT2D eigenvalue weighted by Gasteiger charge is -2.09. The van der Waals surface area contributed by atoms with Crippen molar-refractivity contribution in [1.29, 1.82) is 0 Å². The molecule has 0 spiro atoms. The Balaban J connectivity index is 2.18. The second-order valence-electron chi connectivity index (χ2n) is 4.19. The summed E-state index contributed by atoms with van der Waals surface area (Å²) in [6.07, 6.45) is -4.42. The number of nitrogens with one attached hydrogen (secondary N) is 1. The van der Waals surface area contributed by atoms with E-state index < -0.39 is 17.6 Å². The first-order valence-electron chi connectivity index (χ1n) is 5.74. The number of halogens is 4. The monoisotopic (exact) mass is 407 g/mol. The van der Waals surface area contributed by atoms with E-state index in [9.17, 15) is 23.1 Å². The van der Waals surface area contributed by atoms with Gasteiger partial charge in [-0.05, 0) is 65.1 Å². The van der Waals surface area contributed by atoms with E-state index in [0.29, 0.717) is 0 Å². The van der Waals surface area contributed by atoms with Gasteiger partial charge in [-0.15, -0.1) is 0 Å². The van der Waals surface area contributed by atoms with E-state index in [0.717, 1.165) is 27.8 Å². The maximum Gasteiger partial charge on any atom is 0.416 e. The summed E-state index contributed by atoms with van der Waals surface area (Å²) in [5.74, 6) is -0.786. The van der Waals surface area contributed by atoms with E-state index in [4.69, 9.17) is 0 Å². The van der Waals surface area contributed by atoms with Crippen molar-refractivity contribution in [2.75, 3.05) is 5.32 Å². The summed E-state index contributed by atoms with van der Waals surface area (Å²) in [4.78, 5) is 12.0. The largest absolute Gasteiger partial charge is 0.507 e. The minimum atomic E-state index is -4.42. The molecule has 0 radical (unpaired) electrons. The molecule has 0 fully saturated rings. The molecule has 0 aliphatic carbocycles. The second kappa shape index (κ2) is 5.92. The molecule has 2 N–H and O–H groups in total. The molecule has 0 aliphatic rings. The van der Waals surface area contributed by atoms with E-state index >= 15 is 0 Å². The number of aromatic hydroxyl groups is 1. The topological polar surface area (TPSA) is 49.3 Å². The minimum Gasteiger partial charge on any atom is -0.507 e. The van der Waals surface area contributed by atoms with Crippen molar-refractivity contribution in [2.45, 2.75) is 6.18 Å². The van der Waals surface area contributed by atoms with Crippen LogP contribution in [-0.4, -0.2) is 11.0 Å². The van der Waals surface area contributed by atoms with Crippen LogP contribution in [-0.2, 0) is 6.18 Å². The Kier molecular flexibility index (Phi) is 4.40. The number of amides is 1. The summed E-state index contributed by atoms with van der Waals surface area (Å²) in [6.45, 7) is 0. The highest BCUT2D eigenvalue weighted by molar-refractivity contribution is 14.1. The van der Waals surface area contributed by atoms with Gasteiger partial charge in [0.05, 0.1) is 11.1 Å². The predicted octanol–water partition coefficient (Wildman–Crippen LogP) is 4.27. The van der Waals surface area contributed by atoms with E-state index in [-0.39, 0.29) is 17.0 Å². The number of rotatable bonds is 2. The Morgan fingerprint density at radius 2 is 1.71 bits per heavy atom. The molecule has 1 amide bonds. The maximum absolute atomic E-state index is 12.4. The molecule has 0 atom stereocenters. The molecule has 0 heterocycles. The van der Waals surface area contributed by atoms with Crippen LogP contribution in [0.3, 0.4) is 0 Å². The number of carbonyl (C=O) groups is 1. The zero-order valence-corrected chi connectivity index (χ0v) is 12.6. The normalized spacial score (nSPS) is 11.2. The highest BCUT2D eigenvalue weighted by Gasteiger charge is 2.30. The molecule has 0 bridgehead atoms. The Bertz CT molecular complexity index is 669. The first-order chi connectivity index (χ1) is 9.77. The maximum atomic E-state index is 12.4. The van der Waals surface area contributed by atoms with Crippen LogP contribution in [0, 0.1) is 3.57 Å². The first-order valence-corrected chi connectivity index (χ1v) is 6.82. The number of benzene rings is 2. The number of anilines is 1. The highest BCUT2D eigenvalue weighted by Crippen LogP contribution is 2.30. The summed E-state index contributed by atoms with van der Waals surface area (Å²) < 4.78 is 38.0. The molecule has 2 aromatic carbocycles. The summed E-state index contributed by atoms with van der Waals surface area (Å²) in [7, 11) is 0. The summed E-state index contributed by atoms with van der Waals surface area (Å²) >= 11 is 1.98. The molecule has 3 nitrogen and oxygen atoms in total. The molecular weight excluding hydrogens is 398 g/mol. The van der Waals surface area contributed by atoms with Crippen LogP contribution in [0.2, 0.25) is 0 Å². The van der Waals surface area contributed by atoms with Crippen LogP contribution in [0.4, 0.5) is 18.9 Å². The van der Waals surface area contributed by atoms with Crippen molar-refractivity contribution in [2.24, 2.45) is 0 Å². The molecular formula is C14H9F3INO2.